The lowest BCUT2D eigenvalue weighted by atomic mass is 10.0. The molecule has 0 fully saturated rings. The van der Waals surface area contributed by atoms with Crippen LogP contribution in [0.2, 0.25) is 0 Å². The molecule has 13 heavy (non-hydrogen) atoms. The summed E-state index contributed by atoms with van der Waals surface area (Å²) in [5.74, 6) is 0.963. The van der Waals surface area contributed by atoms with Gasteiger partial charge in [0.05, 0.1) is 6.04 Å². The molecule has 2 heteroatoms. The molecule has 0 radical (unpaired) electrons. The molecule has 1 aromatic carbocycles. The molecule has 1 aliphatic heterocycles. The fourth-order valence-corrected chi connectivity index (χ4v) is 1.81. The summed E-state index contributed by atoms with van der Waals surface area (Å²) in [6, 6.07) is 6.25. The Kier molecular flexibility index (Phi) is 2.00. The first-order valence-electron chi connectivity index (χ1n) is 4.75. The van der Waals surface area contributed by atoms with Gasteiger partial charge in [0, 0.05) is 5.56 Å². The average molecular weight is 177 g/mol. The van der Waals surface area contributed by atoms with Crippen LogP contribution in [0.5, 0.6) is 5.75 Å². The van der Waals surface area contributed by atoms with Gasteiger partial charge in [0.2, 0.25) is 0 Å². The third-order valence-corrected chi connectivity index (χ3v) is 2.61. The van der Waals surface area contributed by atoms with Gasteiger partial charge in [-0.3, -0.25) is 0 Å². The lowest BCUT2D eigenvalue weighted by molar-refractivity contribution is 0.202. The fraction of sp³-hybridized carbons (Fsp3) is 0.455. The normalized spacial score (nSPS) is 25.5. The quantitative estimate of drug-likeness (QED) is 0.713. The van der Waals surface area contributed by atoms with Crippen LogP contribution in [0, 0.1) is 6.92 Å². The van der Waals surface area contributed by atoms with Crippen LogP contribution in [-0.2, 0) is 0 Å². The third-order valence-electron chi connectivity index (χ3n) is 2.61. The Labute approximate surface area is 78.7 Å². The Morgan fingerprint density at radius 1 is 1.46 bits per heavy atom. The molecule has 1 heterocycles. The highest BCUT2D eigenvalue weighted by molar-refractivity contribution is 5.42. The Bertz CT molecular complexity index is 322. The minimum atomic E-state index is 0.0555. The zero-order valence-corrected chi connectivity index (χ0v) is 8.08. The molecule has 2 N–H and O–H groups in total. The average Bonchev–Trinajstić information content (AvgIpc) is 2.44. The molecule has 2 rings (SSSR count). The second kappa shape index (κ2) is 3.04. The highest BCUT2D eigenvalue weighted by atomic mass is 16.5. The van der Waals surface area contributed by atoms with Crippen molar-refractivity contribution in [1.29, 1.82) is 0 Å². The van der Waals surface area contributed by atoms with Crippen LogP contribution in [0.15, 0.2) is 18.2 Å². The highest BCUT2D eigenvalue weighted by Gasteiger charge is 2.29. The van der Waals surface area contributed by atoms with Gasteiger partial charge in [-0.1, -0.05) is 24.6 Å². The molecule has 2 nitrogen and oxygen atoms in total. The lowest BCUT2D eigenvalue weighted by Gasteiger charge is -2.11. The maximum absolute atomic E-state index is 6.04. The van der Waals surface area contributed by atoms with E-state index in [2.05, 4.69) is 26.0 Å². The molecule has 0 saturated heterocycles. The first-order chi connectivity index (χ1) is 6.22. The molecule has 2 atom stereocenters. The highest BCUT2D eigenvalue weighted by Crippen LogP contribution is 2.36. The van der Waals surface area contributed by atoms with Gasteiger partial charge in [-0.15, -0.1) is 0 Å². The molecule has 0 amide bonds. The van der Waals surface area contributed by atoms with Crippen molar-refractivity contribution in [1.82, 2.24) is 0 Å². The summed E-state index contributed by atoms with van der Waals surface area (Å²) in [7, 11) is 0. The van der Waals surface area contributed by atoms with Crippen LogP contribution in [0.25, 0.3) is 0 Å². The minimum absolute atomic E-state index is 0.0555. The van der Waals surface area contributed by atoms with Gasteiger partial charge in [-0.05, 0) is 19.4 Å². The zero-order chi connectivity index (χ0) is 9.42. The van der Waals surface area contributed by atoms with Crippen LogP contribution in [0.4, 0.5) is 0 Å². The van der Waals surface area contributed by atoms with E-state index in [9.17, 15) is 0 Å². The zero-order valence-electron chi connectivity index (χ0n) is 8.08. The van der Waals surface area contributed by atoms with Crippen molar-refractivity contribution in [2.24, 2.45) is 5.73 Å². The molecule has 1 aromatic rings. The van der Waals surface area contributed by atoms with Gasteiger partial charge >= 0.3 is 0 Å². The first kappa shape index (κ1) is 8.57. The summed E-state index contributed by atoms with van der Waals surface area (Å²) < 4.78 is 5.70. The summed E-state index contributed by atoms with van der Waals surface area (Å²) >= 11 is 0. The standard InChI is InChI=1S/C11H15NO/c1-3-9-11(12)8-6-7(2)4-5-10(8)13-9/h4-6,9,11H,3,12H2,1-2H3. The smallest absolute Gasteiger partial charge is 0.124 e. The molecule has 0 aromatic heterocycles. The molecule has 0 aliphatic carbocycles. The van der Waals surface area contributed by atoms with Crippen molar-refractivity contribution in [3.63, 3.8) is 0 Å². The number of hydrogen-bond acceptors (Lipinski definition) is 2. The predicted octanol–water partition coefficient (Wildman–Crippen LogP) is 2.17. The van der Waals surface area contributed by atoms with Crippen LogP contribution >= 0.6 is 0 Å². The van der Waals surface area contributed by atoms with E-state index in [0.29, 0.717) is 0 Å². The predicted molar refractivity (Wildman–Crippen MR) is 52.8 cm³/mol. The van der Waals surface area contributed by atoms with Crippen molar-refractivity contribution in [3.05, 3.63) is 29.3 Å². The third kappa shape index (κ3) is 1.31. The van der Waals surface area contributed by atoms with E-state index >= 15 is 0 Å². The summed E-state index contributed by atoms with van der Waals surface area (Å²) in [4.78, 5) is 0. The maximum Gasteiger partial charge on any atom is 0.124 e. The molecule has 0 bridgehead atoms. The van der Waals surface area contributed by atoms with Crippen LogP contribution in [-0.4, -0.2) is 6.10 Å². The SMILES string of the molecule is CCC1Oc2ccc(C)cc2C1N. The van der Waals surface area contributed by atoms with Gasteiger partial charge in [-0.2, -0.15) is 0 Å². The van der Waals surface area contributed by atoms with Crippen molar-refractivity contribution in [2.75, 3.05) is 0 Å². The minimum Gasteiger partial charge on any atom is -0.488 e. The van der Waals surface area contributed by atoms with Gasteiger partial charge in [0.25, 0.3) is 0 Å². The van der Waals surface area contributed by atoms with Gasteiger partial charge < -0.3 is 10.5 Å². The molecule has 0 spiro atoms. The Morgan fingerprint density at radius 3 is 2.92 bits per heavy atom. The molecular formula is C11H15NO. The number of aryl methyl sites for hydroxylation is 1. The largest absolute Gasteiger partial charge is 0.488 e. The monoisotopic (exact) mass is 177 g/mol. The Hall–Kier alpha value is -1.02. The second-order valence-corrected chi connectivity index (χ2v) is 3.63. The van der Waals surface area contributed by atoms with Crippen molar-refractivity contribution < 1.29 is 4.74 Å². The van der Waals surface area contributed by atoms with E-state index in [1.165, 1.54) is 5.56 Å². The van der Waals surface area contributed by atoms with Gasteiger partial charge in [-0.25, -0.2) is 0 Å². The summed E-state index contributed by atoms with van der Waals surface area (Å²) in [5.41, 5.74) is 8.45. The van der Waals surface area contributed by atoms with Crippen LogP contribution < -0.4 is 10.5 Å². The van der Waals surface area contributed by atoms with E-state index in [-0.39, 0.29) is 12.1 Å². The van der Waals surface area contributed by atoms with Gasteiger partial charge in [0.1, 0.15) is 11.9 Å². The summed E-state index contributed by atoms with van der Waals surface area (Å²) in [5, 5.41) is 0. The number of hydrogen-bond donors (Lipinski definition) is 1. The molecule has 70 valence electrons. The Balaban J connectivity index is 2.39. The topological polar surface area (TPSA) is 35.2 Å². The molecule has 1 aliphatic rings. The number of benzene rings is 1. The number of fused-ring (bicyclic) bond motifs is 1. The molecular weight excluding hydrogens is 162 g/mol. The van der Waals surface area contributed by atoms with Crippen LogP contribution in [0.3, 0.4) is 0 Å². The van der Waals surface area contributed by atoms with E-state index in [0.717, 1.165) is 17.7 Å². The molecule has 0 saturated carbocycles. The number of nitrogens with two attached hydrogens (primary N) is 1. The van der Waals surface area contributed by atoms with Crippen molar-refractivity contribution >= 4 is 0 Å². The molecule has 2 unspecified atom stereocenters. The number of rotatable bonds is 1. The van der Waals surface area contributed by atoms with Crippen molar-refractivity contribution in [2.45, 2.75) is 32.4 Å². The van der Waals surface area contributed by atoms with E-state index in [1.807, 2.05) is 6.07 Å². The summed E-state index contributed by atoms with van der Waals surface area (Å²) in [6.45, 7) is 4.18. The fourth-order valence-electron chi connectivity index (χ4n) is 1.81. The summed E-state index contributed by atoms with van der Waals surface area (Å²) in [6.07, 6.45) is 1.13. The van der Waals surface area contributed by atoms with E-state index in [1.54, 1.807) is 0 Å². The van der Waals surface area contributed by atoms with Crippen molar-refractivity contribution in [3.8, 4) is 5.75 Å². The first-order valence-corrected chi connectivity index (χ1v) is 4.75. The maximum atomic E-state index is 6.04. The van der Waals surface area contributed by atoms with E-state index in [4.69, 9.17) is 10.5 Å². The second-order valence-electron chi connectivity index (χ2n) is 3.63. The lowest BCUT2D eigenvalue weighted by Crippen LogP contribution is -2.24. The van der Waals surface area contributed by atoms with Gasteiger partial charge in [0.15, 0.2) is 0 Å². The Morgan fingerprint density at radius 2 is 2.23 bits per heavy atom. The van der Waals surface area contributed by atoms with Crippen LogP contribution in [0.1, 0.15) is 30.5 Å². The van der Waals surface area contributed by atoms with E-state index < -0.39 is 0 Å². The number of ether oxygens (including phenoxy) is 1.